The van der Waals surface area contributed by atoms with Crippen LogP contribution in [0.3, 0.4) is 0 Å². The molecule has 1 aliphatic carbocycles. The number of hydrogen-bond acceptors (Lipinski definition) is 6. The zero-order chi connectivity index (χ0) is 18.9. The number of hydrogen-bond donors (Lipinski definition) is 1. The molecular formula is C22H28N4O2. The lowest BCUT2D eigenvalue weighted by atomic mass is 9.95. The van der Waals surface area contributed by atoms with Gasteiger partial charge >= 0.3 is 0 Å². The molecule has 0 amide bonds. The van der Waals surface area contributed by atoms with Crippen LogP contribution in [-0.4, -0.2) is 43.0 Å². The highest BCUT2D eigenvalue weighted by atomic mass is 16.6. The Labute approximate surface area is 166 Å². The highest BCUT2D eigenvalue weighted by Crippen LogP contribution is 2.33. The number of aryl methyl sites for hydroxylation is 2. The molecule has 1 saturated heterocycles. The number of nitrogens with one attached hydrogen (secondary N) is 1. The summed E-state index contributed by atoms with van der Waals surface area (Å²) in [5.41, 5.74) is 3.85. The van der Waals surface area contributed by atoms with Crippen LogP contribution < -0.4 is 19.7 Å². The lowest BCUT2D eigenvalue weighted by Gasteiger charge is -2.40. The van der Waals surface area contributed by atoms with E-state index in [1.54, 1.807) is 0 Å². The summed E-state index contributed by atoms with van der Waals surface area (Å²) in [6.07, 6.45) is 4.78. The first-order chi connectivity index (χ1) is 13.8. The monoisotopic (exact) mass is 380 g/mol. The molecule has 6 nitrogen and oxygen atoms in total. The molecule has 2 aliphatic heterocycles. The van der Waals surface area contributed by atoms with Gasteiger partial charge in [-0.2, -0.15) is 5.10 Å². The Bertz CT molecular complexity index is 850. The molecule has 0 bridgehead atoms. The third-order valence-electron chi connectivity index (χ3n) is 6.12. The van der Waals surface area contributed by atoms with Crippen molar-refractivity contribution in [2.45, 2.75) is 38.6 Å². The van der Waals surface area contributed by atoms with Gasteiger partial charge in [-0.15, -0.1) is 5.10 Å². The molecule has 5 rings (SSSR count). The second kappa shape index (κ2) is 7.59. The summed E-state index contributed by atoms with van der Waals surface area (Å²) in [5.74, 6) is 3.41. The molecule has 0 saturated carbocycles. The molecule has 0 spiro atoms. The molecule has 0 radical (unpaired) electrons. The SMILES string of the molecule is CC(NCC1CN(c2cc3c(nn2)CCCC3)C1)c1ccc2c(c1)OCCO2. The van der Waals surface area contributed by atoms with E-state index < -0.39 is 0 Å². The van der Waals surface area contributed by atoms with Crippen LogP contribution >= 0.6 is 0 Å². The Morgan fingerprint density at radius 2 is 1.89 bits per heavy atom. The zero-order valence-corrected chi connectivity index (χ0v) is 16.5. The fourth-order valence-electron chi connectivity index (χ4n) is 4.31. The number of ether oxygens (including phenoxy) is 2. The molecular weight excluding hydrogens is 352 g/mol. The van der Waals surface area contributed by atoms with Crippen molar-refractivity contribution >= 4 is 5.82 Å². The minimum Gasteiger partial charge on any atom is -0.486 e. The van der Waals surface area contributed by atoms with Gasteiger partial charge in [0, 0.05) is 31.6 Å². The minimum absolute atomic E-state index is 0.286. The molecule has 1 fully saturated rings. The van der Waals surface area contributed by atoms with Crippen LogP contribution in [-0.2, 0) is 12.8 Å². The van der Waals surface area contributed by atoms with E-state index in [9.17, 15) is 0 Å². The van der Waals surface area contributed by atoms with Gasteiger partial charge in [0.25, 0.3) is 0 Å². The number of nitrogens with zero attached hydrogens (tertiary/aromatic N) is 3. The van der Waals surface area contributed by atoms with Crippen molar-refractivity contribution in [2.75, 3.05) is 37.7 Å². The van der Waals surface area contributed by atoms with Crippen LogP contribution in [0.4, 0.5) is 5.82 Å². The first-order valence-corrected chi connectivity index (χ1v) is 10.5. The van der Waals surface area contributed by atoms with Gasteiger partial charge in [0.1, 0.15) is 13.2 Å². The van der Waals surface area contributed by atoms with Crippen molar-refractivity contribution in [3.05, 3.63) is 41.1 Å². The van der Waals surface area contributed by atoms with E-state index in [0.29, 0.717) is 19.1 Å². The standard InChI is InChI=1S/C22H28N4O2/c1-15(17-6-7-20-21(10-17)28-9-8-27-20)23-12-16-13-26(14-16)22-11-18-4-2-3-5-19(18)24-25-22/h6-7,10-11,15-16,23H,2-5,8-9,12-14H2,1H3. The van der Waals surface area contributed by atoms with Gasteiger partial charge in [0.2, 0.25) is 0 Å². The van der Waals surface area contributed by atoms with Crippen LogP contribution in [0.1, 0.15) is 42.6 Å². The summed E-state index contributed by atoms with van der Waals surface area (Å²) in [4.78, 5) is 2.35. The van der Waals surface area contributed by atoms with Gasteiger partial charge in [-0.25, -0.2) is 0 Å². The maximum atomic E-state index is 5.70. The Morgan fingerprint density at radius 3 is 2.79 bits per heavy atom. The number of anilines is 1. The van der Waals surface area contributed by atoms with E-state index in [0.717, 1.165) is 49.8 Å². The maximum absolute atomic E-state index is 5.70. The lowest BCUT2D eigenvalue weighted by molar-refractivity contribution is 0.171. The van der Waals surface area contributed by atoms with E-state index >= 15 is 0 Å². The largest absolute Gasteiger partial charge is 0.486 e. The van der Waals surface area contributed by atoms with E-state index in [4.69, 9.17) is 9.47 Å². The summed E-state index contributed by atoms with van der Waals surface area (Å²) in [5, 5.41) is 12.6. The molecule has 6 heteroatoms. The first-order valence-electron chi connectivity index (χ1n) is 10.5. The van der Waals surface area contributed by atoms with E-state index in [1.807, 2.05) is 6.07 Å². The molecule has 2 aromatic rings. The highest BCUT2D eigenvalue weighted by Gasteiger charge is 2.29. The third-order valence-corrected chi connectivity index (χ3v) is 6.12. The van der Waals surface area contributed by atoms with Gasteiger partial charge < -0.3 is 19.7 Å². The summed E-state index contributed by atoms with van der Waals surface area (Å²) in [7, 11) is 0. The van der Waals surface area contributed by atoms with Gasteiger partial charge in [-0.05, 0) is 61.9 Å². The second-order valence-electron chi connectivity index (χ2n) is 8.19. The maximum Gasteiger partial charge on any atom is 0.161 e. The van der Waals surface area contributed by atoms with Crippen LogP contribution in [0.2, 0.25) is 0 Å². The van der Waals surface area contributed by atoms with Crippen molar-refractivity contribution in [3.63, 3.8) is 0 Å². The number of rotatable bonds is 5. The Kier molecular flexibility index (Phi) is 4.81. The van der Waals surface area contributed by atoms with Crippen LogP contribution in [0, 0.1) is 5.92 Å². The molecule has 1 aromatic carbocycles. The molecule has 3 aliphatic rings. The van der Waals surface area contributed by atoms with E-state index in [-0.39, 0.29) is 6.04 Å². The van der Waals surface area contributed by atoms with Gasteiger partial charge in [-0.1, -0.05) is 6.07 Å². The normalized spacial score (nSPS) is 19.7. The fourth-order valence-corrected chi connectivity index (χ4v) is 4.31. The van der Waals surface area contributed by atoms with Crippen molar-refractivity contribution in [1.29, 1.82) is 0 Å². The summed E-state index contributed by atoms with van der Waals surface area (Å²) in [6, 6.07) is 8.79. The predicted molar refractivity (Wildman–Crippen MR) is 108 cm³/mol. The van der Waals surface area contributed by atoms with Crippen molar-refractivity contribution in [1.82, 2.24) is 15.5 Å². The van der Waals surface area contributed by atoms with Crippen molar-refractivity contribution < 1.29 is 9.47 Å². The smallest absolute Gasteiger partial charge is 0.161 e. The molecule has 1 atom stereocenters. The van der Waals surface area contributed by atoms with Crippen LogP contribution in [0.5, 0.6) is 11.5 Å². The lowest BCUT2D eigenvalue weighted by Crippen LogP contribution is -2.51. The number of aromatic nitrogens is 2. The molecule has 148 valence electrons. The summed E-state index contributed by atoms with van der Waals surface area (Å²) in [6.45, 7) is 6.57. The second-order valence-corrected chi connectivity index (χ2v) is 8.19. The third kappa shape index (κ3) is 3.53. The minimum atomic E-state index is 0.286. The number of benzene rings is 1. The van der Waals surface area contributed by atoms with Crippen LogP contribution in [0.15, 0.2) is 24.3 Å². The Hall–Kier alpha value is -2.34. The molecule has 1 aromatic heterocycles. The van der Waals surface area contributed by atoms with E-state index in [1.165, 1.54) is 29.7 Å². The molecule has 1 N–H and O–H groups in total. The number of fused-ring (bicyclic) bond motifs is 2. The topological polar surface area (TPSA) is 59.5 Å². The Balaban J connectivity index is 1.13. The first kappa shape index (κ1) is 17.7. The quantitative estimate of drug-likeness (QED) is 0.861. The van der Waals surface area contributed by atoms with Gasteiger partial charge in [-0.3, -0.25) is 0 Å². The highest BCUT2D eigenvalue weighted by molar-refractivity contribution is 5.45. The van der Waals surface area contributed by atoms with Crippen molar-refractivity contribution in [2.24, 2.45) is 5.92 Å². The zero-order valence-electron chi connectivity index (χ0n) is 16.5. The van der Waals surface area contributed by atoms with Gasteiger partial charge in [0.15, 0.2) is 17.3 Å². The average molecular weight is 380 g/mol. The summed E-state index contributed by atoms with van der Waals surface area (Å²) >= 11 is 0. The molecule has 1 unspecified atom stereocenters. The van der Waals surface area contributed by atoms with E-state index in [2.05, 4.69) is 45.5 Å². The predicted octanol–water partition coefficient (Wildman–Crippen LogP) is 2.91. The molecule has 3 heterocycles. The summed E-state index contributed by atoms with van der Waals surface area (Å²) < 4.78 is 11.3. The Morgan fingerprint density at radius 1 is 1.07 bits per heavy atom. The van der Waals surface area contributed by atoms with Crippen molar-refractivity contribution in [3.8, 4) is 11.5 Å². The molecule has 28 heavy (non-hydrogen) atoms. The average Bonchev–Trinajstić information content (AvgIpc) is 2.72. The van der Waals surface area contributed by atoms with Gasteiger partial charge in [0.05, 0.1) is 5.69 Å². The fraction of sp³-hybridized carbons (Fsp3) is 0.545. The van der Waals surface area contributed by atoms with Crippen LogP contribution in [0.25, 0.3) is 0 Å².